The fourth-order valence-corrected chi connectivity index (χ4v) is 1.80. The molecule has 1 aliphatic rings. The Morgan fingerprint density at radius 1 is 1.47 bits per heavy atom. The molecule has 1 aliphatic carbocycles. The number of nitrogens with one attached hydrogen (secondary N) is 1. The summed E-state index contributed by atoms with van der Waals surface area (Å²) < 4.78 is 2.26. The zero-order valence-electron chi connectivity index (χ0n) is 9.95. The second kappa shape index (κ2) is 3.97. The lowest BCUT2D eigenvalue weighted by atomic mass is 9.92. The molecular formula is C12H21N3. The van der Waals surface area contributed by atoms with Crippen molar-refractivity contribution in [2.24, 2.45) is 0 Å². The minimum atomic E-state index is 0.191. The van der Waals surface area contributed by atoms with Crippen LogP contribution in [-0.4, -0.2) is 22.1 Å². The molecule has 1 saturated carbocycles. The van der Waals surface area contributed by atoms with Gasteiger partial charge in [0, 0.05) is 36.4 Å². The van der Waals surface area contributed by atoms with Gasteiger partial charge in [-0.2, -0.15) is 0 Å². The highest BCUT2D eigenvalue weighted by molar-refractivity contribution is 5.10. The second-order valence-corrected chi connectivity index (χ2v) is 5.45. The molecule has 0 amide bonds. The molecule has 1 fully saturated rings. The molecule has 3 heteroatoms. The molecule has 0 saturated heterocycles. The number of imidazole rings is 1. The fourth-order valence-electron chi connectivity index (χ4n) is 1.80. The smallest absolute Gasteiger partial charge is 0.0948 e. The molecule has 0 radical (unpaired) electrons. The Morgan fingerprint density at radius 3 is 2.80 bits per heavy atom. The number of aromatic nitrogens is 2. The quantitative estimate of drug-likeness (QED) is 0.817. The summed E-state index contributed by atoms with van der Waals surface area (Å²) in [5.41, 5.74) is 1.51. The zero-order valence-corrected chi connectivity index (χ0v) is 9.95. The summed E-state index contributed by atoms with van der Waals surface area (Å²) in [6, 6.07) is 0.798. The highest BCUT2D eigenvalue weighted by Gasteiger charge is 2.21. The van der Waals surface area contributed by atoms with Crippen LogP contribution in [0, 0.1) is 0 Å². The van der Waals surface area contributed by atoms with Crippen LogP contribution in [0.4, 0.5) is 0 Å². The summed E-state index contributed by atoms with van der Waals surface area (Å²) in [5, 5.41) is 3.52. The van der Waals surface area contributed by atoms with Crippen LogP contribution < -0.4 is 5.32 Å². The van der Waals surface area contributed by atoms with Crippen LogP contribution in [0.3, 0.4) is 0 Å². The lowest BCUT2D eigenvalue weighted by molar-refractivity contribution is 0.502. The first-order valence-electron chi connectivity index (χ1n) is 5.81. The van der Waals surface area contributed by atoms with E-state index in [4.69, 9.17) is 0 Å². The molecule has 0 aromatic carbocycles. The Hall–Kier alpha value is -0.830. The van der Waals surface area contributed by atoms with Crippen LogP contribution in [0.25, 0.3) is 0 Å². The molecule has 0 bridgehead atoms. The van der Waals surface area contributed by atoms with Crippen LogP contribution in [0.2, 0.25) is 0 Å². The van der Waals surface area contributed by atoms with E-state index in [1.807, 2.05) is 12.5 Å². The molecule has 2 rings (SSSR count). The van der Waals surface area contributed by atoms with Gasteiger partial charge >= 0.3 is 0 Å². The summed E-state index contributed by atoms with van der Waals surface area (Å²) >= 11 is 0. The summed E-state index contributed by atoms with van der Waals surface area (Å²) in [5.74, 6) is 0. The van der Waals surface area contributed by atoms with Crippen molar-refractivity contribution in [2.75, 3.05) is 6.54 Å². The Bertz CT molecular complexity index is 318. The third-order valence-electron chi connectivity index (χ3n) is 2.84. The third kappa shape index (κ3) is 2.81. The van der Waals surface area contributed by atoms with Crippen molar-refractivity contribution in [1.29, 1.82) is 0 Å². The van der Waals surface area contributed by atoms with Gasteiger partial charge in [-0.1, -0.05) is 20.8 Å². The predicted molar refractivity (Wildman–Crippen MR) is 62.0 cm³/mol. The number of nitrogens with zero attached hydrogens (tertiary/aromatic N) is 2. The average molecular weight is 207 g/mol. The Morgan fingerprint density at radius 2 is 2.20 bits per heavy atom. The SMILES string of the molecule is CC(C)(C)c1cncn1CCNC1CC1. The van der Waals surface area contributed by atoms with Crippen LogP contribution in [0.1, 0.15) is 39.3 Å². The average Bonchev–Trinajstić information content (AvgIpc) is 2.80. The van der Waals surface area contributed by atoms with Gasteiger partial charge in [-0.3, -0.25) is 0 Å². The van der Waals surface area contributed by atoms with E-state index in [0.29, 0.717) is 0 Å². The first-order valence-corrected chi connectivity index (χ1v) is 5.81. The minimum Gasteiger partial charge on any atom is -0.333 e. The first kappa shape index (κ1) is 10.7. The van der Waals surface area contributed by atoms with Crippen molar-refractivity contribution >= 4 is 0 Å². The summed E-state index contributed by atoms with van der Waals surface area (Å²) in [7, 11) is 0. The zero-order chi connectivity index (χ0) is 10.9. The van der Waals surface area contributed by atoms with Gasteiger partial charge in [0.1, 0.15) is 0 Å². The van der Waals surface area contributed by atoms with Crippen molar-refractivity contribution in [3.63, 3.8) is 0 Å². The first-order chi connectivity index (χ1) is 7.07. The molecule has 1 heterocycles. The highest BCUT2D eigenvalue weighted by atomic mass is 15.1. The summed E-state index contributed by atoms with van der Waals surface area (Å²) in [6.45, 7) is 8.78. The van der Waals surface area contributed by atoms with E-state index in [1.165, 1.54) is 18.5 Å². The maximum absolute atomic E-state index is 4.24. The van der Waals surface area contributed by atoms with Crippen LogP contribution in [-0.2, 0) is 12.0 Å². The van der Waals surface area contributed by atoms with E-state index in [9.17, 15) is 0 Å². The van der Waals surface area contributed by atoms with E-state index >= 15 is 0 Å². The third-order valence-corrected chi connectivity index (χ3v) is 2.84. The van der Waals surface area contributed by atoms with Crippen molar-refractivity contribution < 1.29 is 0 Å². The van der Waals surface area contributed by atoms with Crippen LogP contribution in [0.15, 0.2) is 12.5 Å². The summed E-state index contributed by atoms with van der Waals surface area (Å²) in [6.07, 6.45) is 6.64. The minimum absolute atomic E-state index is 0.191. The molecule has 0 aliphatic heterocycles. The van der Waals surface area contributed by atoms with E-state index in [2.05, 4.69) is 35.6 Å². The molecule has 1 aromatic heterocycles. The normalized spacial score (nSPS) is 17.0. The molecule has 0 spiro atoms. The lowest BCUT2D eigenvalue weighted by Crippen LogP contribution is -2.24. The Labute approximate surface area is 91.9 Å². The van der Waals surface area contributed by atoms with Gasteiger partial charge in [0.05, 0.1) is 6.33 Å². The van der Waals surface area contributed by atoms with Crippen LogP contribution in [0.5, 0.6) is 0 Å². The molecule has 3 nitrogen and oxygen atoms in total. The van der Waals surface area contributed by atoms with Gasteiger partial charge in [0.25, 0.3) is 0 Å². The lowest BCUT2D eigenvalue weighted by Gasteiger charge is -2.20. The van der Waals surface area contributed by atoms with Gasteiger partial charge in [0.2, 0.25) is 0 Å². The molecule has 1 N–H and O–H groups in total. The molecule has 84 valence electrons. The number of hydrogen-bond donors (Lipinski definition) is 1. The van der Waals surface area contributed by atoms with E-state index < -0.39 is 0 Å². The van der Waals surface area contributed by atoms with Gasteiger partial charge in [-0.15, -0.1) is 0 Å². The van der Waals surface area contributed by atoms with E-state index in [-0.39, 0.29) is 5.41 Å². The van der Waals surface area contributed by atoms with Crippen molar-refractivity contribution in [3.05, 3.63) is 18.2 Å². The number of hydrogen-bond acceptors (Lipinski definition) is 2. The molecule has 0 atom stereocenters. The Kier molecular flexibility index (Phi) is 2.83. The highest BCUT2D eigenvalue weighted by Crippen LogP contribution is 2.21. The topological polar surface area (TPSA) is 29.9 Å². The van der Waals surface area contributed by atoms with Crippen molar-refractivity contribution in [1.82, 2.24) is 14.9 Å². The molecule has 1 aromatic rings. The molecule has 15 heavy (non-hydrogen) atoms. The maximum Gasteiger partial charge on any atom is 0.0948 e. The number of rotatable bonds is 4. The molecular weight excluding hydrogens is 186 g/mol. The van der Waals surface area contributed by atoms with Crippen molar-refractivity contribution in [3.8, 4) is 0 Å². The Balaban J connectivity index is 1.91. The molecule has 0 unspecified atom stereocenters. The van der Waals surface area contributed by atoms with Gasteiger partial charge in [0.15, 0.2) is 0 Å². The van der Waals surface area contributed by atoms with Gasteiger partial charge < -0.3 is 9.88 Å². The fraction of sp³-hybridized carbons (Fsp3) is 0.750. The van der Waals surface area contributed by atoms with Crippen molar-refractivity contribution in [2.45, 2.75) is 51.6 Å². The standard InChI is InChI=1S/C12H21N3/c1-12(2,3)11-8-13-9-15(11)7-6-14-10-4-5-10/h8-10,14H,4-7H2,1-3H3. The monoisotopic (exact) mass is 207 g/mol. The van der Waals surface area contributed by atoms with E-state index in [0.717, 1.165) is 19.1 Å². The second-order valence-electron chi connectivity index (χ2n) is 5.45. The van der Waals surface area contributed by atoms with E-state index in [1.54, 1.807) is 0 Å². The van der Waals surface area contributed by atoms with Crippen LogP contribution >= 0.6 is 0 Å². The maximum atomic E-state index is 4.24. The predicted octanol–water partition coefficient (Wildman–Crippen LogP) is 1.93. The van der Waals surface area contributed by atoms with Gasteiger partial charge in [-0.05, 0) is 12.8 Å². The van der Waals surface area contributed by atoms with Gasteiger partial charge in [-0.25, -0.2) is 4.98 Å². The summed E-state index contributed by atoms with van der Waals surface area (Å²) in [4.78, 5) is 4.24. The largest absolute Gasteiger partial charge is 0.333 e.